The summed E-state index contributed by atoms with van der Waals surface area (Å²) in [6.45, 7) is 4.29. The van der Waals surface area contributed by atoms with Crippen LogP contribution in [0.3, 0.4) is 0 Å². The normalized spacial score (nSPS) is 48.0. The van der Waals surface area contributed by atoms with Gasteiger partial charge in [0.1, 0.15) is 12.2 Å². The highest BCUT2D eigenvalue weighted by molar-refractivity contribution is 7.86. The van der Waals surface area contributed by atoms with Crippen LogP contribution in [0, 0.1) is 28.6 Å². The number of carbonyl (C=O) groups is 2. The molecular formula is C23H31FO7S. The summed E-state index contributed by atoms with van der Waals surface area (Å²) in [5, 5.41) is 22.9. The Kier molecular flexibility index (Phi) is 5.22. The molecule has 32 heavy (non-hydrogen) atoms. The second-order valence-corrected chi connectivity index (χ2v) is 12.2. The van der Waals surface area contributed by atoms with Gasteiger partial charge in [0, 0.05) is 16.7 Å². The van der Waals surface area contributed by atoms with E-state index in [1.54, 1.807) is 26.8 Å². The van der Waals surface area contributed by atoms with Crippen molar-refractivity contribution in [1.82, 2.24) is 0 Å². The van der Waals surface area contributed by atoms with Gasteiger partial charge >= 0.3 is 0 Å². The Labute approximate surface area is 187 Å². The van der Waals surface area contributed by atoms with Crippen LogP contribution in [-0.4, -0.2) is 60.4 Å². The van der Waals surface area contributed by atoms with E-state index in [9.17, 15) is 28.2 Å². The van der Waals surface area contributed by atoms with Crippen molar-refractivity contribution in [3.63, 3.8) is 0 Å². The minimum atomic E-state index is -3.89. The number of aliphatic hydroxyl groups excluding tert-OH is 1. The maximum Gasteiger partial charge on any atom is 0.264 e. The summed E-state index contributed by atoms with van der Waals surface area (Å²) >= 11 is 0. The fourth-order valence-electron chi connectivity index (χ4n) is 7.41. The van der Waals surface area contributed by atoms with Crippen LogP contribution in [0.1, 0.15) is 46.5 Å². The van der Waals surface area contributed by atoms with Crippen molar-refractivity contribution in [1.29, 1.82) is 0 Å². The highest BCUT2D eigenvalue weighted by Crippen LogP contribution is 2.70. The van der Waals surface area contributed by atoms with E-state index in [0.717, 1.165) is 6.26 Å². The zero-order valence-corrected chi connectivity index (χ0v) is 19.6. The van der Waals surface area contributed by atoms with Crippen LogP contribution < -0.4 is 0 Å². The lowest BCUT2D eigenvalue weighted by atomic mass is 9.44. The monoisotopic (exact) mass is 470 g/mol. The van der Waals surface area contributed by atoms with Crippen LogP contribution in [-0.2, 0) is 23.9 Å². The third kappa shape index (κ3) is 2.90. The smallest absolute Gasteiger partial charge is 0.264 e. The van der Waals surface area contributed by atoms with E-state index in [0.29, 0.717) is 24.8 Å². The van der Waals surface area contributed by atoms with Crippen LogP contribution in [0.25, 0.3) is 0 Å². The van der Waals surface area contributed by atoms with E-state index in [1.807, 2.05) is 0 Å². The fourth-order valence-corrected chi connectivity index (χ4v) is 7.73. The number of rotatable bonds is 4. The number of ketones is 2. The number of Topliss-reactive ketones (excluding diaryl/α,β-unsaturated/α-hetero) is 1. The third-order valence-electron chi connectivity index (χ3n) is 9.05. The Balaban J connectivity index is 1.75. The van der Waals surface area contributed by atoms with Crippen LogP contribution in [0.15, 0.2) is 23.8 Å². The maximum atomic E-state index is 17.0. The highest BCUT2D eigenvalue weighted by atomic mass is 32.2. The summed E-state index contributed by atoms with van der Waals surface area (Å²) in [6.07, 6.45) is 4.75. The van der Waals surface area contributed by atoms with Crippen LogP contribution in [0.4, 0.5) is 4.39 Å². The molecule has 0 saturated heterocycles. The lowest BCUT2D eigenvalue weighted by molar-refractivity contribution is -0.219. The molecule has 3 saturated carbocycles. The first kappa shape index (κ1) is 23.7. The first-order chi connectivity index (χ1) is 14.6. The quantitative estimate of drug-likeness (QED) is 0.602. The average molecular weight is 471 g/mol. The second-order valence-electron chi connectivity index (χ2n) is 10.6. The summed E-state index contributed by atoms with van der Waals surface area (Å²) in [5.74, 6) is -2.60. The van der Waals surface area contributed by atoms with Gasteiger partial charge in [-0.15, -0.1) is 0 Å². The minimum absolute atomic E-state index is 0.166. The second kappa shape index (κ2) is 7.04. The molecule has 3 fully saturated rings. The molecular weight excluding hydrogens is 439 g/mol. The molecule has 178 valence electrons. The third-order valence-corrected chi connectivity index (χ3v) is 9.60. The number of halogens is 1. The van der Waals surface area contributed by atoms with Gasteiger partial charge in [-0.1, -0.05) is 25.5 Å². The molecule has 0 aromatic rings. The largest absolute Gasteiger partial charge is 0.390 e. The summed E-state index contributed by atoms with van der Waals surface area (Å²) in [6, 6.07) is 0. The molecule has 8 atom stereocenters. The van der Waals surface area contributed by atoms with Gasteiger partial charge < -0.3 is 10.2 Å². The summed E-state index contributed by atoms with van der Waals surface area (Å²) in [7, 11) is -3.89. The van der Waals surface area contributed by atoms with Crippen molar-refractivity contribution in [2.45, 2.75) is 63.8 Å². The van der Waals surface area contributed by atoms with Crippen molar-refractivity contribution < 1.29 is 36.8 Å². The van der Waals surface area contributed by atoms with Gasteiger partial charge in [0.15, 0.2) is 17.2 Å². The molecule has 0 spiro atoms. The summed E-state index contributed by atoms with van der Waals surface area (Å²) in [4.78, 5) is 25.0. The van der Waals surface area contributed by atoms with Crippen LogP contribution >= 0.6 is 0 Å². The zero-order valence-electron chi connectivity index (χ0n) is 18.8. The molecule has 0 aromatic carbocycles. The van der Waals surface area contributed by atoms with Gasteiger partial charge in [-0.2, -0.15) is 8.42 Å². The first-order valence-electron chi connectivity index (χ1n) is 11.0. The molecule has 0 heterocycles. The molecule has 0 amide bonds. The summed E-state index contributed by atoms with van der Waals surface area (Å²) < 4.78 is 44.5. The Bertz CT molecular complexity index is 1030. The van der Waals surface area contributed by atoms with Crippen molar-refractivity contribution in [2.24, 2.45) is 28.6 Å². The average Bonchev–Trinajstić information content (AvgIpc) is 2.89. The van der Waals surface area contributed by atoms with Crippen molar-refractivity contribution in [2.75, 3.05) is 12.9 Å². The number of alkyl halides is 1. The standard InChI is InChI=1S/C23H31FO7S/c1-13-9-17-16-6-5-14-10-15(25)7-8-20(14,2)22(16,24)18(26)11-21(17,3)23(13,28)19(27)12-31-32(4,29)30/h7-8,10,13,16-18,26,28H,5-6,9,11-12H2,1-4H3/t13-,16+,17+,18+,20+,21+,22+,23+/m1/s1. The highest BCUT2D eigenvalue weighted by Gasteiger charge is 2.75. The lowest BCUT2D eigenvalue weighted by Gasteiger charge is -2.62. The number of hydrogen-bond donors (Lipinski definition) is 2. The van der Waals surface area contributed by atoms with Gasteiger partial charge in [-0.05, 0) is 56.6 Å². The molecule has 9 heteroatoms. The number of aliphatic hydroxyl groups is 2. The van der Waals surface area contributed by atoms with Gasteiger partial charge in [-0.3, -0.25) is 13.8 Å². The lowest BCUT2D eigenvalue weighted by Crippen LogP contribution is -2.69. The maximum absolute atomic E-state index is 17.0. The molecule has 0 unspecified atom stereocenters. The molecule has 0 bridgehead atoms. The Morgan fingerprint density at radius 3 is 2.59 bits per heavy atom. The van der Waals surface area contributed by atoms with Gasteiger partial charge in [-0.25, -0.2) is 4.39 Å². The van der Waals surface area contributed by atoms with Crippen LogP contribution in [0.5, 0.6) is 0 Å². The van der Waals surface area contributed by atoms with E-state index >= 15 is 4.39 Å². The molecule has 0 radical (unpaired) electrons. The van der Waals surface area contributed by atoms with Gasteiger partial charge in [0.05, 0.1) is 12.4 Å². The van der Waals surface area contributed by atoms with E-state index in [2.05, 4.69) is 4.18 Å². The Morgan fingerprint density at radius 1 is 1.31 bits per heavy atom. The SMILES string of the molecule is C[C@@H]1C[C@H]2[C@@H]3CCC4=CC(=O)C=C[C@]4(C)[C@@]3(F)[C@@H](O)C[C@]2(C)[C@@]1(O)C(=O)COS(C)(=O)=O. The molecule has 4 aliphatic carbocycles. The molecule has 4 rings (SSSR count). The predicted octanol–water partition coefficient (Wildman–Crippen LogP) is 1.88. The fraction of sp³-hybridized carbons (Fsp3) is 0.739. The minimum Gasteiger partial charge on any atom is -0.390 e. The molecule has 0 aromatic heterocycles. The Morgan fingerprint density at radius 2 is 1.97 bits per heavy atom. The van der Waals surface area contributed by atoms with E-state index in [-0.39, 0.29) is 12.2 Å². The van der Waals surface area contributed by atoms with Gasteiger partial charge in [0.25, 0.3) is 10.1 Å². The van der Waals surface area contributed by atoms with Crippen LogP contribution in [0.2, 0.25) is 0 Å². The number of fused-ring (bicyclic) bond motifs is 5. The van der Waals surface area contributed by atoms with Crippen molar-refractivity contribution in [3.8, 4) is 0 Å². The molecule has 7 nitrogen and oxygen atoms in total. The van der Waals surface area contributed by atoms with Crippen molar-refractivity contribution in [3.05, 3.63) is 23.8 Å². The molecule has 2 N–H and O–H groups in total. The molecule has 0 aliphatic heterocycles. The van der Waals surface area contributed by atoms with Gasteiger partial charge in [0.2, 0.25) is 0 Å². The number of allylic oxidation sites excluding steroid dienone is 4. The van der Waals surface area contributed by atoms with E-state index in [4.69, 9.17) is 0 Å². The predicted molar refractivity (Wildman–Crippen MR) is 114 cm³/mol. The zero-order chi connectivity index (χ0) is 23.9. The summed E-state index contributed by atoms with van der Waals surface area (Å²) in [5.41, 5.74) is -5.67. The molecule has 4 aliphatic rings. The number of carbonyl (C=O) groups excluding carboxylic acids is 2. The topological polar surface area (TPSA) is 118 Å². The Hall–Kier alpha value is -1.42. The van der Waals surface area contributed by atoms with Crippen molar-refractivity contribution >= 4 is 21.7 Å². The number of hydrogen-bond acceptors (Lipinski definition) is 7. The first-order valence-corrected chi connectivity index (χ1v) is 12.8. The van der Waals surface area contributed by atoms with E-state index < -0.39 is 68.5 Å². The van der Waals surface area contributed by atoms with E-state index in [1.165, 1.54) is 12.2 Å².